The van der Waals surface area contributed by atoms with E-state index in [4.69, 9.17) is 5.73 Å². The van der Waals surface area contributed by atoms with E-state index in [9.17, 15) is 4.79 Å². The molecule has 0 bridgehead atoms. The number of rotatable bonds is 3. The first kappa shape index (κ1) is 12.9. The summed E-state index contributed by atoms with van der Waals surface area (Å²) >= 11 is 0. The van der Waals surface area contributed by atoms with Crippen LogP contribution in [0.2, 0.25) is 0 Å². The van der Waals surface area contributed by atoms with Gasteiger partial charge in [0.2, 0.25) is 0 Å². The summed E-state index contributed by atoms with van der Waals surface area (Å²) in [5.41, 5.74) is 6.55. The molecule has 0 atom stereocenters. The number of nitrogens with zero attached hydrogens (tertiary/aromatic N) is 1. The van der Waals surface area contributed by atoms with Gasteiger partial charge in [-0.25, -0.2) is 4.98 Å². The van der Waals surface area contributed by atoms with Crippen LogP contribution < -0.4 is 11.1 Å². The first-order chi connectivity index (χ1) is 9.31. The van der Waals surface area contributed by atoms with Gasteiger partial charge in [-0.1, -0.05) is 24.0 Å². The van der Waals surface area contributed by atoms with Crippen molar-refractivity contribution in [1.82, 2.24) is 15.3 Å². The third-order valence-electron chi connectivity index (χ3n) is 2.47. The largest absolute Gasteiger partial charge is 0.347 e. The van der Waals surface area contributed by atoms with E-state index in [1.54, 1.807) is 30.6 Å². The molecule has 2 aromatic rings. The molecule has 4 N–H and O–H groups in total. The maximum atomic E-state index is 12.1. The molecule has 1 amide bonds. The number of imidazole rings is 1. The highest BCUT2D eigenvalue weighted by atomic mass is 16.1. The van der Waals surface area contributed by atoms with Crippen LogP contribution >= 0.6 is 0 Å². The highest BCUT2D eigenvalue weighted by Gasteiger charge is 2.09. The Hall–Kier alpha value is -2.58. The molecular weight excluding hydrogens is 240 g/mol. The summed E-state index contributed by atoms with van der Waals surface area (Å²) in [6.45, 7) is 0.618. The van der Waals surface area contributed by atoms with E-state index >= 15 is 0 Å². The fraction of sp³-hybridized carbons (Fsp3) is 0.143. The summed E-state index contributed by atoms with van der Waals surface area (Å²) in [6.07, 6.45) is 3.35. The molecule has 0 aliphatic rings. The van der Waals surface area contributed by atoms with E-state index in [-0.39, 0.29) is 12.5 Å². The highest BCUT2D eigenvalue weighted by Crippen LogP contribution is 2.07. The van der Waals surface area contributed by atoms with Crippen LogP contribution in [0.3, 0.4) is 0 Å². The Labute approximate surface area is 111 Å². The van der Waals surface area contributed by atoms with Gasteiger partial charge in [0, 0.05) is 18.0 Å². The van der Waals surface area contributed by atoms with E-state index in [0.29, 0.717) is 23.5 Å². The molecule has 0 aliphatic heterocycles. The molecule has 0 fully saturated rings. The van der Waals surface area contributed by atoms with Crippen molar-refractivity contribution in [3.05, 3.63) is 53.6 Å². The van der Waals surface area contributed by atoms with Crippen LogP contribution in [0.5, 0.6) is 0 Å². The normalized spacial score (nSPS) is 9.53. The van der Waals surface area contributed by atoms with Gasteiger partial charge in [-0.3, -0.25) is 4.79 Å². The van der Waals surface area contributed by atoms with Crippen molar-refractivity contribution in [1.29, 1.82) is 0 Å². The minimum absolute atomic E-state index is 0.182. The van der Waals surface area contributed by atoms with E-state index in [1.165, 1.54) is 0 Å². The van der Waals surface area contributed by atoms with Crippen molar-refractivity contribution >= 4 is 5.91 Å². The van der Waals surface area contributed by atoms with Gasteiger partial charge in [0.1, 0.15) is 5.82 Å². The van der Waals surface area contributed by atoms with Gasteiger partial charge < -0.3 is 16.0 Å². The molecule has 1 aromatic carbocycles. The minimum Gasteiger partial charge on any atom is -0.347 e. The van der Waals surface area contributed by atoms with Crippen molar-refractivity contribution in [2.45, 2.75) is 6.54 Å². The molecule has 0 spiro atoms. The Morgan fingerprint density at radius 3 is 3.00 bits per heavy atom. The number of hydrogen-bond donors (Lipinski definition) is 3. The number of H-pyrrole nitrogens is 1. The Kier molecular flexibility index (Phi) is 4.32. The predicted molar refractivity (Wildman–Crippen MR) is 72.1 cm³/mol. The average Bonchev–Trinajstić information content (AvgIpc) is 2.96. The lowest BCUT2D eigenvalue weighted by atomic mass is 10.1. The zero-order valence-electron chi connectivity index (χ0n) is 10.3. The molecule has 96 valence electrons. The lowest BCUT2D eigenvalue weighted by Crippen LogP contribution is -2.24. The van der Waals surface area contributed by atoms with Gasteiger partial charge >= 0.3 is 0 Å². The fourth-order valence-corrected chi connectivity index (χ4v) is 1.59. The second kappa shape index (κ2) is 6.38. The van der Waals surface area contributed by atoms with Gasteiger partial charge in [-0.05, 0) is 12.1 Å². The van der Waals surface area contributed by atoms with Gasteiger partial charge in [0.25, 0.3) is 5.91 Å². The second-order valence-electron chi connectivity index (χ2n) is 3.77. The molecule has 5 heteroatoms. The van der Waals surface area contributed by atoms with E-state index in [1.807, 2.05) is 6.07 Å². The lowest BCUT2D eigenvalue weighted by Gasteiger charge is -2.05. The fourth-order valence-electron chi connectivity index (χ4n) is 1.59. The molecular formula is C14H14N4O. The van der Waals surface area contributed by atoms with Crippen LogP contribution in [0, 0.1) is 11.8 Å². The standard InChI is InChI=1S/C14H14N4O/c15-7-3-5-11-4-1-2-6-12(11)14(19)18-10-13-16-8-9-17-13/h1-2,4,6,8-9H,7,10,15H2,(H,16,17)(H,18,19). The molecule has 0 aliphatic carbocycles. The van der Waals surface area contributed by atoms with E-state index in [2.05, 4.69) is 27.1 Å². The number of hydrogen-bond acceptors (Lipinski definition) is 3. The molecule has 0 radical (unpaired) electrons. The topological polar surface area (TPSA) is 83.8 Å². The van der Waals surface area contributed by atoms with Crippen LogP contribution in [0.15, 0.2) is 36.7 Å². The van der Waals surface area contributed by atoms with Crippen LogP contribution in [-0.2, 0) is 6.54 Å². The first-order valence-corrected chi connectivity index (χ1v) is 5.85. The Morgan fingerprint density at radius 2 is 2.26 bits per heavy atom. The monoisotopic (exact) mass is 254 g/mol. The van der Waals surface area contributed by atoms with Gasteiger partial charge in [-0.15, -0.1) is 0 Å². The maximum absolute atomic E-state index is 12.1. The van der Waals surface area contributed by atoms with Crippen molar-refractivity contribution in [3.8, 4) is 11.8 Å². The Bertz CT molecular complexity index is 608. The van der Waals surface area contributed by atoms with E-state index < -0.39 is 0 Å². The number of nitrogens with one attached hydrogen (secondary N) is 2. The number of nitrogens with two attached hydrogens (primary N) is 1. The zero-order chi connectivity index (χ0) is 13.5. The Morgan fingerprint density at radius 1 is 1.42 bits per heavy atom. The molecule has 2 rings (SSSR count). The molecule has 1 heterocycles. The number of aromatic nitrogens is 2. The van der Waals surface area contributed by atoms with Gasteiger partial charge in [0.15, 0.2) is 0 Å². The number of amides is 1. The molecule has 0 saturated heterocycles. The van der Waals surface area contributed by atoms with Crippen molar-refractivity contribution in [3.63, 3.8) is 0 Å². The summed E-state index contributed by atoms with van der Waals surface area (Å²) in [4.78, 5) is 19.0. The highest BCUT2D eigenvalue weighted by molar-refractivity contribution is 5.96. The molecule has 1 aromatic heterocycles. The molecule has 0 unspecified atom stereocenters. The van der Waals surface area contributed by atoms with Gasteiger partial charge in [-0.2, -0.15) is 0 Å². The average molecular weight is 254 g/mol. The maximum Gasteiger partial charge on any atom is 0.252 e. The van der Waals surface area contributed by atoms with E-state index in [0.717, 1.165) is 0 Å². The second-order valence-corrected chi connectivity index (χ2v) is 3.77. The predicted octanol–water partition coefficient (Wildman–Crippen LogP) is 0.650. The molecule has 19 heavy (non-hydrogen) atoms. The SMILES string of the molecule is NCC#Cc1ccccc1C(=O)NCc1ncc[nH]1. The third kappa shape index (κ3) is 3.44. The number of carbonyl (C=O) groups is 1. The number of aromatic amines is 1. The molecule has 0 saturated carbocycles. The third-order valence-corrected chi connectivity index (χ3v) is 2.47. The lowest BCUT2D eigenvalue weighted by molar-refractivity contribution is 0.0949. The minimum atomic E-state index is -0.182. The van der Waals surface area contributed by atoms with Crippen molar-refractivity contribution in [2.75, 3.05) is 6.54 Å². The summed E-state index contributed by atoms with van der Waals surface area (Å²) in [5.74, 6) is 6.16. The van der Waals surface area contributed by atoms with Crippen molar-refractivity contribution in [2.24, 2.45) is 5.73 Å². The summed E-state index contributed by atoms with van der Waals surface area (Å²) < 4.78 is 0. The summed E-state index contributed by atoms with van der Waals surface area (Å²) in [7, 11) is 0. The Balaban J connectivity index is 2.10. The quantitative estimate of drug-likeness (QED) is 0.703. The summed E-state index contributed by atoms with van der Waals surface area (Å²) in [5, 5.41) is 2.79. The van der Waals surface area contributed by atoms with Crippen molar-refractivity contribution < 1.29 is 4.79 Å². The number of benzene rings is 1. The first-order valence-electron chi connectivity index (χ1n) is 5.85. The van der Waals surface area contributed by atoms with Crippen LogP contribution in [0.25, 0.3) is 0 Å². The molecule has 5 nitrogen and oxygen atoms in total. The van der Waals surface area contributed by atoms with Crippen LogP contribution in [-0.4, -0.2) is 22.4 Å². The zero-order valence-corrected chi connectivity index (χ0v) is 10.3. The van der Waals surface area contributed by atoms with Crippen LogP contribution in [0.1, 0.15) is 21.7 Å². The number of carbonyl (C=O) groups excluding carboxylic acids is 1. The summed E-state index contributed by atoms with van der Waals surface area (Å²) in [6, 6.07) is 7.17. The van der Waals surface area contributed by atoms with Gasteiger partial charge in [0.05, 0.1) is 18.7 Å². The van der Waals surface area contributed by atoms with Crippen LogP contribution in [0.4, 0.5) is 0 Å². The smallest absolute Gasteiger partial charge is 0.252 e.